The van der Waals surface area contributed by atoms with Gasteiger partial charge in [0.05, 0.1) is 19.3 Å². The third-order valence-corrected chi connectivity index (χ3v) is 4.49. The zero-order chi connectivity index (χ0) is 12.1. The zero-order valence-corrected chi connectivity index (χ0v) is 11.1. The van der Waals surface area contributed by atoms with Crippen molar-refractivity contribution in [3.8, 4) is 0 Å². The van der Waals surface area contributed by atoms with Gasteiger partial charge < -0.3 is 15.2 Å². The first-order valence-electron chi connectivity index (χ1n) is 7.22. The van der Waals surface area contributed by atoms with Crippen molar-refractivity contribution in [2.24, 2.45) is 23.5 Å². The molecule has 1 aliphatic carbocycles. The van der Waals surface area contributed by atoms with Gasteiger partial charge in [0.15, 0.2) is 0 Å². The summed E-state index contributed by atoms with van der Waals surface area (Å²) < 4.78 is 11.5. The lowest BCUT2D eigenvalue weighted by Gasteiger charge is -2.35. The largest absolute Gasteiger partial charge is 0.381 e. The third-order valence-electron chi connectivity index (χ3n) is 4.49. The second-order valence-corrected chi connectivity index (χ2v) is 5.68. The molecule has 2 N–H and O–H groups in total. The van der Waals surface area contributed by atoms with Crippen molar-refractivity contribution in [2.75, 3.05) is 26.4 Å². The van der Waals surface area contributed by atoms with Crippen LogP contribution in [0.3, 0.4) is 0 Å². The minimum absolute atomic E-state index is 0.402. The summed E-state index contributed by atoms with van der Waals surface area (Å²) in [6, 6.07) is 0. The van der Waals surface area contributed by atoms with Gasteiger partial charge in [-0.05, 0) is 44.1 Å². The van der Waals surface area contributed by atoms with Crippen molar-refractivity contribution < 1.29 is 9.47 Å². The zero-order valence-electron chi connectivity index (χ0n) is 11.1. The van der Waals surface area contributed by atoms with Crippen LogP contribution in [0, 0.1) is 17.8 Å². The van der Waals surface area contributed by atoms with Crippen LogP contribution >= 0.6 is 0 Å². The predicted octanol–water partition coefficient (Wildman–Crippen LogP) is 2.19. The van der Waals surface area contributed by atoms with Gasteiger partial charge in [-0.3, -0.25) is 0 Å². The first kappa shape index (κ1) is 13.3. The van der Waals surface area contributed by atoms with Crippen LogP contribution in [0.15, 0.2) is 0 Å². The molecule has 0 radical (unpaired) electrons. The van der Waals surface area contributed by atoms with Crippen LogP contribution in [-0.4, -0.2) is 32.5 Å². The average Bonchev–Trinajstić information content (AvgIpc) is 2.89. The van der Waals surface area contributed by atoms with E-state index in [2.05, 4.69) is 6.92 Å². The molecule has 2 aliphatic rings. The Morgan fingerprint density at radius 2 is 2.12 bits per heavy atom. The van der Waals surface area contributed by atoms with Crippen molar-refractivity contribution >= 4 is 0 Å². The Labute approximate surface area is 105 Å². The maximum absolute atomic E-state index is 6.14. The summed E-state index contributed by atoms with van der Waals surface area (Å²) in [4.78, 5) is 0. The van der Waals surface area contributed by atoms with Crippen LogP contribution < -0.4 is 5.73 Å². The molecule has 1 saturated carbocycles. The molecule has 100 valence electrons. The minimum atomic E-state index is 0.402. The van der Waals surface area contributed by atoms with E-state index in [4.69, 9.17) is 15.2 Å². The number of nitrogens with two attached hydrogens (primary N) is 1. The third kappa shape index (κ3) is 3.67. The maximum Gasteiger partial charge on any atom is 0.0618 e. The summed E-state index contributed by atoms with van der Waals surface area (Å²) in [6.07, 6.45) is 6.65. The van der Waals surface area contributed by atoms with Gasteiger partial charge in [0.1, 0.15) is 0 Å². The summed E-state index contributed by atoms with van der Waals surface area (Å²) in [7, 11) is 0. The van der Waals surface area contributed by atoms with E-state index in [1.54, 1.807) is 0 Å². The number of rotatable bonds is 5. The van der Waals surface area contributed by atoms with Crippen molar-refractivity contribution in [1.29, 1.82) is 0 Å². The minimum Gasteiger partial charge on any atom is -0.381 e. The fourth-order valence-corrected chi connectivity index (χ4v) is 3.09. The molecule has 17 heavy (non-hydrogen) atoms. The standard InChI is InChI=1S/C14H27NO2/c1-2-11-3-4-13(8-15)14(7-11)17-10-12-5-6-16-9-12/h11-14H,2-10,15H2,1H3. The summed E-state index contributed by atoms with van der Waals surface area (Å²) in [5.74, 6) is 2.05. The monoisotopic (exact) mass is 241 g/mol. The van der Waals surface area contributed by atoms with Crippen LogP contribution in [0.4, 0.5) is 0 Å². The summed E-state index contributed by atoms with van der Waals surface area (Å²) in [6.45, 7) is 5.74. The fraction of sp³-hybridized carbons (Fsp3) is 1.00. The van der Waals surface area contributed by atoms with Gasteiger partial charge in [-0.1, -0.05) is 13.3 Å². The van der Waals surface area contributed by atoms with Crippen LogP contribution in [0.2, 0.25) is 0 Å². The molecule has 0 aromatic rings. The Hall–Kier alpha value is -0.120. The molecule has 0 aromatic carbocycles. The lowest BCUT2D eigenvalue weighted by Crippen LogP contribution is -2.37. The van der Waals surface area contributed by atoms with Crippen LogP contribution in [-0.2, 0) is 9.47 Å². The molecule has 4 unspecified atom stereocenters. The molecule has 3 nitrogen and oxygen atoms in total. The van der Waals surface area contributed by atoms with E-state index in [1.165, 1.54) is 25.7 Å². The number of hydrogen-bond donors (Lipinski definition) is 1. The first-order valence-corrected chi connectivity index (χ1v) is 7.22. The second kappa shape index (κ2) is 6.72. The molecule has 0 aromatic heterocycles. The average molecular weight is 241 g/mol. The van der Waals surface area contributed by atoms with Gasteiger partial charge >= 0.3 is 0 Å². The van der Waals surface area contributed by atoms with Gasteiger partial charge in [0.25, 0.3) is 0 Å². The highest BCUT2D eigenvalue weighted by Crippen LogP contribution is 2.32. The topological polar surface area (TPSA) is 44.5 Å². The Morgan fingerprint density at radius 1 is 1.24 bits per heavy atom. The van der Waals surface area contributed by atoms with E-state index >= 15 is 0 Å². The molecular weight excluding hydrogens is 214 g/mol. The summed E-state index contributed by atoms with van der Waals surface area (Å²) in [5.41, 5.74) is 5.86. The Bertz CT molecular complexity index is 216. The Kier molecular flexibility index (Phi) is 5.26. The van der Waals surface area contributed by atoms with Crippen molar-refractivity contribution in [3.05, 3.63) is 0 Å². The fourth-order valence-electron chi connectivity index (χ4n) is 3.09. The summed E-state index contributed by atoms with van der Waals surface area (Å²) in [5, 5.41) is 0. The lowest BCUT2D eigenvalue weighted by molar-refractivity contribution is -0.0388. The normalized spacial score (nSPS) is 38.5. The molecule has 3 heteroatoms. The highest BCUT2D eigenvalue weighted by Gasteiger charge is 2.30. The van der Waals surface area contributed by atoms with Crippen LogP contribution in [0.5, 0.6) is 0 Å². The van der Waals surface area contributed by atoms with Gasteiger partial charge in [-0.2, -0.15) is 0 Å². The van der Waals surface area contributed by atoms with Crippen molar-refractivity contribution in [2.45, 2.75) is 45.1 Å². The summed E-state index contributed by atoms with van der Waals surface area (Å²) >= 11 is 0. The molecule has 2 fully saturated rings. The van der Waals surface area contributed by atoms with E-state index < -0.39 is 0 Å². The van der Waals surface area contributed by atoms with E-state index in [-0.39, 0.29) is 0 Å². The lowest BCUT2D eigenvalue weighted by atomic mass is 9.78. The van der Waals surface area contributed by atoms with Gasteiger partial charge in [-0.15, -0.1) is 0 Å². The number of hydrogen-bond acceptors (Lipinski definition) is 3. The Morgan fingerprint density at radius 3 is 2.76 bits per heavy atom. The molecule has 1 heterocycles. The highest BCUT2D eigenvalue weighted by molar-refractivity contribution is 4.81. The van der Waals surface area contributed by atoms with E-state index in [0.717, 1.165) is 38.7 Å². The van der Waals surface area contributed by atoms with Gasteiger partial charge in [0, 0.05) is 12.5 Å². The van der Waals surface area contributed by atoms with Gasteiger partial charge in [-0.25, -0.2) is 0 Å². The molecular formula is C14H27NO2. The molecule has 0 bridgehead atoms. The molecule has 0 amide bonds. The predicted molar refractivity (Wildman–Crippen MR) is 68.8 cm³/mol. The first-order chi connectivity index (χ1) is 8.33. The van der Waals surface area contributed by atoms with E-state index in [0.29, 0.717) is 17.9 Å². The SMILES string of the molecule is CCC1CCC(CN)C(OCC2CCOC2)C1. The highest BCUT2D eigenvalue weighted by atomic mass is 16.5. The molecule has 1 saturated heterocycles. The quantitative estimate of drug-likeness (QED) is 0.802. The second-order valence-electron chi connectivity index (χ2n) is 5.68. The van der Waals surface area contributed by atoms with E-state index in [1.807, 2.05) is 0 Å². The molecule has 4 atom stereocenters. The van der Waals surface area contributed by atoms with Gasteiger partial charge in [0.2, 0.25) is 0 Å². The molecule has 1 aliphatic heterocycles. The van der Waals surface area contributed by atoms with Crippen LogP contribution in [0.1, 0.15) is 39.0 Å². The molecule has 0 spiro atoms. The van der Waals surface area contributed by atoms with Crippen LogP contribution in [0.25, 0.3) is 0 Å². The smallest absolute Gasteiger partial charge is 0.0618 e. The van der Waals surface area contributed by atoms with E-state index in [9.17, 15) is 0 Å². The number of ether oxygens (including phenoxy) is 2. The Balaban J connectivity index is 1.77. The van der Waals surface area contributed by atoms with Crippen molar-refractivity contribution in [3.63, 3.8) is 0 Å². The van der Waals surface area contributed by atoms with Crippen molar-refractivity contribution in [1.82, 2.24) is 0 Å². The molecule has 2 rings (SSSR count). The maximum atomic E-state index is 6.14.